The average Bonchev–Trinajstić information content (AvgIpc) is 2.63. The normalized spacial score (nSPS) is 27.0. The van der Waals surface area contributed by atoms with E-state index in [-0.39, 0.29) is 11.0 Å². The number of anilines is 1. The maximum Gasteiger partial charge on any atom is 0.237 e. The van der Waals surface area contributed by atoms with E-state index in [1.807, 2.05) is 18.2 Å². The quantitative estimate of drug-likeness (QED) is 0.565. The third-order valence-electron chi connectivity index (χ3n) is 4.24. The fraction of sp³-hybridized carbons (Fsp3) is 0.571. The Kier molecular flexibility index (Phi) is 2.94. The Hall–Kier alpha value is -1.58. The van der Waals surface area contributed by atoms with Crippen LogP contribution in [0, 0.1) is 10.1 Å². The summed E-state index contributed by atoms with van der Waals surface area (Å²) in [5, 5.41) is 11.3. The molecular weight excluding hydrogens is 228 g/mol. The van der Waals surface area contributed by atoms with E-state index < -0.39 is 6.04 Å². The molecule has 4 nitrogen and oxygen atoms in total. The Morgan fingerprint density at radius 2 is 2.06 bits per heavy atom. The number of nitro groups is 1. The smallest absolute Gasteiger partial charge is 0.237 e. The molecule has 1 fully saturated rings. The Balaban J connectivity index is 2.02. The van der Waals surface area contributed by atoms with Gasteiger partial charge in [-0.15, -0.1) is 0 Å². The summed E-state index contributed by atoms with van der Waals surface area (Å²) in [6.07, 6.45) is 5.01. The molecule has 1 aromatic rings. The van der Waals surface area contributed by atoms with E-state index in [0.717, 1.165) is 31.4 Å². The fourth-order valence-electron chi connectivity index (χ4n) is 3.37. The molecular formula is C14H18N2O2. The van der Waals surface area contributed by atoms with E-state index in [1.54, 1.807) is 0 Å². The molecule has 2 heterocycles. The van der Waals surface area contributed by atoms with Gasteiger partial charge in [-0.3, -0.25) is 10.1 Å². The average molecular weight is 246 g/mol. The van der Waals surface area contributed by atoms with Gasteiger partial charge in [0.1, 0.15) is 0 Å². The van der Waals surface area contributed by atoms with Gasteiger partial charge in [-0.25, -0.2) is 0 Å². The van der Waals surface area contributed by atoms with Crippen molar-refractivity contribution in [2.45, 2.75) is 44.2 Å². The standard InChI is InChI=1S/C14H18N2O2/c17-16(18)14-10-11-6-3-4-7-12(11)15-9-5-1-2-8-13(14)15/h3-4,6-7,13-14H,1-2,5,8-10H2. The highest BCUT2D eigenvalue weighted by atomic mass is 16.6. The Labute approximate surface area is 107 Å². The first-order chi connectivity index (χ1) is 8.77. The molecule has 1 saturated heterocycles. The molecule has 1 aromatic carbocycles. The van der Waals surface area contributed by atoms with Crippen molar-refractivity contribution in [1.82, 2.24) is 0 Å². The van der Waals surface area contributed by atoms with Crippen LogP contribution < -0.4 is 4.90 Å². The summed E-state index contributed by atoms with van der Waals surface area (Å²) in [6, 6.07) is 7.83. The van der Waals surface area contributed by atoms with Crippen molar-refractivity contribution in [2.75, 3.05) is 11.4 Å². The van der Waals surface area contributed by atoms with Crippen LogP contribution >= 0.6 is 0 Å². The van der Waals surface area contributed by atoms with Gasteiger partial charge in [-0.1, -0.05) is 31.0 Å². The van der Waals surface area contributed by atoms with Crippen molar-refractivity contribution in [3.63, 3.8) is 0 Å². The largest absolute Gasteiger partial charge is 0.361 e. The molecule has 0 amide bonds. The van der Waals surface area contributed by atoms with Crippen LogP contribution in [0.2, 0.25) is 0 Å². The zero-order chi connectivity index (χ0) is 12.5. The van der Waals surface area contributed by atoms with Gasteiger partial charge in [-0.2, -0.15) is 0 Å². The topological polar surface area (TPSA) is 46.4 Å². The van der Waals surface area contributed by atoms with Gasteiger partial charge in [0.05, 0.1) is 6.04 Å². The van der Waals surface area contributed by atoms with Crippen molar-refractivity contribution in [3.05, 3.63) is 39.9 Å². The van der Waals surface area contributed by atoms with Crippen molar-refractivity contribution in [2.24, 2.45) is 0 Å². The van der Waals surface area contributed by atoms with Crippen LogP contribution in [0.3, 0.4) is 0 Å². The fourth-order valence-corrected chi connectivity index (χ4v) is 3.37. The first kappa shape index (κ1) is 11.5. The zero-order valence-corrected chi connectivity index (χ0v) is 10.4. The summed E-state index contributed by atoms with van der Waals surface area (Å²) < 4.78 is 0. The van der Waals surface area contributed by atoms with Gasteiger partial charge in [0.2, 0.25) is 6.04 Å². The minimum Gasteiger partial charge on any atom is -0.361 e. The Morgan fingerprint density at radius 1 is 1.22 bits per heavy atom. The van der Waals surface area contributed by atoms with Gasteiger partial charge < -0.3 is 4.90 Å². The molecule has 0 bridgehead atoms. The number of benzene rings is 1. The Morgan fingerprint density at radius 3 is 2.89 bits per heavy atom. The van der Waals surface area contributed by atoms with Crippen molar-refractivity contribution < 1.29 is 4.92 Å². The predicted molar refractivity (Wildman–Crippen MR) is 70.5 cm³/mol. The van der Waals surface area contributed by atoms with E-state index >= 15 is 0 Å². The second-order valence-electron chi connectivity index (χ2n) is 5.30. The number of rotatable bonds is 1. The summed E-state index contributed by atoms with van der Waals surface area (Å²) in [4.78, 5) is 13.5. The molecule has 2 aliphatic rings. The molecule has 2 unspecified atom stereocenters. The molecule has 0 aliphatic carbocycles. The molecule has 18 heavy (non-hydrogen) atoms. The monoisotopic (exact) mass is 246 g/mol. The first-order valence-electron chi connectivity index (χ1n) is 6.75. The molecule has 3 rings (SSSR count). The molecule has 0 aromatic heterocycles. The van der Waals surface area contributed by atoms with Crippen molar-refractivity contribution >= 4 is 5.69 Å². The van der Waals surface area contributed by atoms with Gasteiger partial charge in [0, 0.05) is 23.6 Å². The van der Waals surface area contributed by atoms with Crippen LogP contribution in [0.15, 0.2) is 24.3 Å². The van der Waals surface area contributed by atoms with E-state index in [1.165, 1.54) is 12.1 Å². The minimum atomic E-state index is -0.432. The van der Waals surface area contributed by atoms with Gasteiger partial charge in [0.15, 0.2) is 0 Å². The van der Waals surface area contributed by atoms with E-state index in [2.05, 4.69) is 11.0 Å². The summed E-state index contributed by atoms with van der Waals surface area (Å²) in [6.45, 7) is 0.964. The molecule has 4 heteroatoms. The lowest BCUT2D eigenvalue weighted by Crippen LogP contribution is -2.51. The molecule has 2 aliphatic heterocycles. The first-order valence-corrected chi connectivity index (χ1v) is 6.75. The van der Waals surface area contributed by atoms with Gasteiger partial charge >= 0.3 is 0 Å². The lowest BCUT2D eigenvalue weighted by Gasteiger charge is -2.39. The number of nitrogens with zero attached hydrogens (tertiary/aromatic N) is 2. The maximum atomic E-state index is 11.3. The zero-order valence-electron chi connectivity index (χ0n) is 10.4. The predicted octanol–water partition coefficient (Wildman–Crippen LogP) is 2.64. The van der Waals surface area contributed by atoms with E-state index in [4.69, 9.17) is 0 Å². The minimum absolute atomic E-state index is 0.0705. The van der Waals surface area contributed by atoms with Crippen LogP contribution in [0.25, 0.3) is 0 Å². The van der Waals surface area contributed by atoms with Crippen LogP contribution in [0.1, 0.15) is 31.2 Å². The van der Waals surface area contributed by atoms with E-state index in [9.17, 15) is 10.1 Å². The van der Waals surface area contributed by atoms with Crippen LogP contribution in [-0.4, -0.2) is 23.6 Å². The third kappa shape index (κ3) is 1.85. The summed E-state index contributed by atoms with van der Waals surface area (Å²) in [5.41, 5.74) is 2.36. The van der Waals surface area contributed by atoms with Crippen molar-refractivity contribution in [3.8, 4) is 0 Å². The third-order valence-corrected chi connectivity index (χ3v) is 4.24. The highest BCUT2D eigenvalue weighted by Gasteiger charge is 2.41. The van der Waals surface area contributed by atoms with Crippen LogP contribution in [-0.2, 0) is 6.42 Å². The Bertz CT molecular complexity index is 461. The summed E-state index contributed by atoms with van der Waals surface area (Å²) in [5.74, 6) is 0. The highest BCUT2D eigenvalue weighted by molar-refractivity contribution is 5.57. The second kappa shape index (κ2) is 4.59. The molecule has 0 spiro atoms. The van der Waals surface area contributed by atoms with Crippen LogP contribution in [0.4, 0.5) is 5.69 Å². The van der Waals surface area contributed by atoms with E-state index in [0.29, 0.717) is 6.42 Å². The lowest BCUT2D eigenvalue weighted by atomic mass is 9.89. The molecule has 0 saturated carbocycles. The van der Waals surface area contributed by atoms with Gasteiger partial charge in [0.25, 0.3) is 0 Å². The molecule has 0 N–H and O–H groups in total. The van der Waals surface area contributed by atoms with Crippen LogP contribution in [0.5, 0.6) is 0 Å². The number of hydrogen-bond acceptors (Lipinski definition) is 3. The highest BCUT2D eigenvalue weighted by Crippen LogP contribution is 2.35. The number of para-hydroxylation sites is 1. The van der Waals surface area contributed by atoms with Gasteiger partial charge in [-0.05, 0) is 24.5 Å². The second-order valence-corrected chi connectivity index (χ2v) is 5.30. The molecule has 96 valence electrons. The molecule has 2 atom stereocenters. The summed E-state index contributed by atoms with van der Waals surface area (Å²) >= 11 is 0. The maximum absolute atomic E-state index is 11.3. The SMILES string of the molecule is O=[N+]([O-])C1Cc2ccccc2N2CCCCCC12. The lowest BCUT2D eigenvalue weighted by molar-refractivity contribution is -0.526. The van der Waals surface area contributed by atoms with Crippen molar-refractivity contribution in [1.29, 1.82) is 0 Å². The summed E-state index contributed by atoms with van der Waals surface area (Å²) in [7, 11) is 0. The molecule has 0 radical (unpaired) electrons. The number of hydrogen-bond donors (Lipinski definition) is 0. The number of fused-ring (bicyclic) bond motifs is 3.